The zero-order chi connectivity index (χ0) is 22.7. The average Bonchev–Trinajstić information content (AvgIpc) is 3.11. The van der Waals surface area contributed by atoms with Crippen LogP contribution in [-0.2, 0) is 11.3 Å². The molecule has 1 aliphatic carbocycles. The Balaban J connectivity index is 1.46. The van der Waals surface area contributed by atoms with E-state index in [4.69, 9.17) is 4.74 Å². The Kier molecular flexibility index (Phi) is 4.77. The maximum Gasteiger partial charge on any atom is 0.276 e. The van der Waals surface area contributed by atoms with Gasteiger partial charge in [-0.05, 0) is 32.3 Å². The molecule has 2 aromatic rings. The fourth-order valence-corrected chi connectivity index (χ4v) is 4.92. The number of halogens is 2. The van der Waals surface area contributed by atoms with E-state index in [2.05, 4.69) is 5.32 Å². The van der Waals surface area contributed by atoms with Crippen molar-refractivity contribution in [3.63, 3.8) is 0 Å². The first kappa shape index (κ1) is 20.6. The Morgan fingerprint density at radius 2 is 2.06 bits per heavy atom. The SMILES string of the molecule is C[C@H](NC(=O)c1cn2c(c(O)c1=O)C(=O)N1[C@H]3CC[C@H](C3)O[C@H]1C2)c1ccc(F)cc1F. The van der Waals surface area contributed by atoms with Gasteiger partial charge in [0.25, 0.3) is 11.8 Å². The summed E-state index contributed by atoms with van der Waals surface area (Å²) in [6.07, 6.45) is 3.12. The fourth-order valence-electron chi connectivity index (χ4n) is 4.92. The molecule has 2 aliphatic heterocycles. The molecule has 0 spiro atoms. The van der Waals surface area contributed by atoms with E-state index in [-0.39, 0.29) is 35.5 Å². The highest BCUT2D eigenvalue weighted by atomic mass is 19.1. The Bertz CT molecular complexity index is 1200. The van der Waals surface area contributed by atoms with Gasteiger partial charge in [0, 0.05) is 23.9 Å². The highest BCUT2D eigenvalue weighted by Crippen LogP contribution is 2.38. The summed E-state index contributed by atoms with van der Waals surface area (Å²) in [7, 11) is 0. The number of carbonyl (C=O) groups is 2. The van der Waals surface area contributed by atoms with Gasteiger partial charge in [-0.1, -0.05) is 6.07 Å². The van der Waals surface area contributed by atoms with Crippen molar-refractivity contribution < 1.29 is 28.2 Å². The molecule has 0 unspecified atom stereocenters. The zero-order valence-electron chi connectivity index (χ0n) is 17.2. The first-order valence-electron chi connectivity index (χ1n) is 10.4. The Morgan fingerprint density at radius 1 is 1.28 bits per heavy atom. The van der Waals surface area contributed by atoms with Crippen molar-refractivity contribution in [1.82, 2.24) is 14.8 Å². The van der Waals surface area contributed by atoms with Crippen LogP contribution in [0.25, 0.3) is 0 Å². The number of aromatic hydroxyl groups is 1. The number of carbonyl (C=O) groups excluding carboxylic acids is 2. The maximum atomic E-state index is 14.0. The first-order chi connectivity index (χ1) is 15.2. The molecule has 2 amide bonds. The molecule has 168 valence electrons. The van der Waals surface area contributed by atoms with E-state index in [1.165, 1.54) is 23.8 Å². The molecule has 2 fully saturated rings. The number of ether oxygens (including phenoxy) is 1. The van der Waals surface area contributed by atoms with Gasteiger partial charge in [0.15, 0.2) is 17.7 Å². The predicted molar refractivity (Wildman–Crippen MR) is 107 cm³/mol. The lowest BCUT2D eigenvalue weighted by molar-refractivity contribution is -0.132. The molecule has 1 aromatic carbocycles. The molecule has 8 nitrogen and oxygen atoms in total. The number of hydrogen-bond donors (Lipinski definition) is 2. The minimum atomic E-state index is -0.991. The highest BCUT2D eigenvalue weighted by molar-refractivity contribution is 5.99. The predicted octanol–water partition coefficient (Wildman–Crippen LogP) is 2.06. The topological polar surface area (TPSA) is 101 Å². The second-order valence-electron chi connectivity index (χ2n) is 8.47. The summed E-state index contributed by atoms with van der Waals surface area (Å²) in [6, 6.07) is 2.10. The summed E-state index contributed by atoms with van der Waals surface area (Å²) in [5, 5.41) is 13.0. The standard InChI is InChI=1S/C22H21F2N3O5/c1-10(14-5-2-11(23)6-16(14)24)25-21(30)15-8-26-9-17-27(12-3-4-13(7-12)32-17)22(31)18(26)20(29)19(15)28/h2,5-6,8,10,12-13,17,29H,3-4,7,9H2,1H3,(H,25,30)/t10-,12-,13+,17-/m0/s1. The van der Waals surface area contributed by atoms with Gasteiger partial charge in [0.05, 0.1) is 18.7 Å². The van der Waals surface area contributed by atoms with Gasteiger partial charge in [-0.15, -0.1) is 0 Å². The number of hydrogen-bond acceptors (Lipinski definition) is 5. The molecule has 3 aliphatic rings. The Labute approximate surface area is 181 Å². The van der Waals surface area contributed by atoms with Crippen LogP contribution in [0.15, 0.2) is 29.2 Å². The number of pyridine rings is 1. The van der Waals surface area contributed by atoms with Crippen LogP contribution in [0.3, 0.4) is 0 Å². The van der Waals surface area contributed by atoms with Gasteiger partial charge in [-0.2, -0.15) is 0 Å². The minimum absolute atomic E-state index is 0.00364. The molecule has 32 heavy (non-hydrogen) atoms. The van der Waals surface area contributed by atoms with Gasteiger partial charge in [0.1, 0.15) is 17.2 Å². The van der Waals surface area contributed by atoms with E-state index in [1.54, 1.807) is 4.90 Å². The molecule has 1 saturated carbocycles. The molecule has 2 bridgehead atoms. The normalized spacial score (nSPS) is 24.7. The van der Waals surface area contributed by atoms with Crippen LogP contribution < -0.4 is 10.7 Å². The summed E-state index contributed by atoms with van der Waals surface area (Å²) >= 11 is 0. The van der Waals surface area contributed by atoms with E-state index in [0.29, 0.717) is 6.07 Å². The molecular weight excluding hydrogens is 424 g/mol. The number of aromatic nitrogens is 1. The van der Waals surface area contributed by atoms with E-state index in [9.17, 15) is 28.3 Å². The van der Waals surface area contributed by atoms with Crippen molar-refractivity contribution in [2.24, 2.45) is 0 Å². The van der Waals surface area contributed by atoms with Crippen LogP contribution in [0.4, 0.5) is 8.78 Å². The van der Waals surface area contributed by atoms with Crippen LogP contribution in [0.1, 0.15) is 58.6 Å². The lowest BCUT2D eigenvalue weighted by atomic mass is 10.1. The lowest BCUT2D eigenvalue weighted by Crippen LogP contribution is -2.57. The molecule has 3 heterocycles. The monoisotopic (exact) mass is 445 g/mol. The Morgan fingerprint density at radius 3 is 2.81 bits per heavy atom. The van der Waals surface area contributed by atoms with Crippen LogP contribution in [0, 0.1) is 11.6 Å². The van der Waals surface area contributed by atoms with Crippen molar-refractivity contribution in [1.29, 1.82) is 0 Å². The van der Waals surface area contributed by atoms with Crippen LogP contribution in [0.2, 0.25) is 0 Å². The third-order valence-corrected chi connectivity index (χ3v) is 6.48. The van der Waals surface area contributed by atoms with E-state index < -0.39 is 46.9 Å². The van der Waals surface area contributed by atoms with Crippen molar-refractivity contribution in [3.05, 3.63) is 63.1 Å². The molecule has 1 saturated heterocycles. The number of amides is 2. The smallest absolute Gasteiger partial charge is 0.276 e. The number of rotatable bonds is 3. The maximum absolute atomic E-state index is 14.0. The van der Waals surface area contributed by atoms with Gasteiger partial charge in [-0.25, -0.2) is 8.78 Å². The number of benzene rings is 1. The summed E-state index contributed by atoms with van der Waals surface area (Å²) < 4.78 is 34.5. The third kappa shape index (κ3) is 3.17. The molecule has 2 N–H and O–H groups in total. The number of fused-ring (bicyclic) bond motifs is 5. The zero-order valence-corrected chi connectivity index (χ0v) is 17.2. The molecule has 4 atom stereocenters. The minimum Gasteiger partial charge on any atom is -0.503 e. The molecule has 0 radical (unpaired) electrons. The average molecular weight is 445 g/mol. The van der Waals surface area contributed by atoms with Gasteiger partial charge < -0.3 is 24.6 Å². The highest BCUT2D eigenvalue weighted by Gasteiger charge is 2.47. The van der Waals surface area contributed by atoms with E-state index >= 15 is 0 Å². The first-order valence-corrected chi connectivity index (χ1v) is 10.4. The Hall–Kier alpha value is -3.27. The van der Waals surface area contributed by atoms with Crippen molar-refractivity contribution >= 4 is 11.8 Å². The summed E-state index contributed by atoms with van der Waals surface area (Å²) in [5.74, 6) is -3.75. The fraction of sp³-hybridized carbons (Fsp3) is 0.409. The number of nitrogens with one attached hydrogen (secondary N) is 1. The van der Waals surface area contributed by atoms with E-state index in [0.717, 1.165) is 25.3 Å². The van der Waals surface area contributed by atoms with Crippen LogP contribution in [0.5, 0.6) is 5.75 Å². The van der Waals surface area contributed by atoms with Crippen molar-refractivity contribution in [2.45, 2.75) is 57.1 Å². The van der Waals surface area contributed by atoms with Crippen molar-refractivity contribution in [3.8, 4) is 5.75 Å². The van der Waals surface area contributed by atoms with Gasteiger partial charge >= 0.3 is 0 Å². The molecule has 10 heteroatoms. The summed E-state index contributed by atoms with van der Waals surface area (Å²) in [5.41, 5.74) is -1.51. The third-order valence-electron chi connectivity index (χ3n) is 6.48. The molecule has 1 aromatic heterocycles. The van der Waals surface area contributed by atoms with Crippen LogP contribution in [-0.4, -0.2) is 44.8 Å². The second-order valence-corrected chi connectivity index (χ2v) is 8.47. The van der Waals surface area contributed by atoms with Gasteiger partial charge in [-0.3, -0.25) is 14.4 Å². The quantitative estimate of drug-likeness (QED) is 0.753. The van der Waals surface area contributed by atoms with Crippen LogP contribution >= 0.6 is 0 Å². The summed E-state index contributed by atoms with van der Waals surface area (Å²) in [6.45, 7) is 1.65. The van der Waals surface area contributed by atoms with E-state index in [1.807, 2.05) is 0 Å². The second kappa shape index (κ2) is 7.40. The molecule has 5 rings (SSSR count). The van der Waals surface area contributed by atoms with Gasteiger partial charge in [0.2, 0.25) is 5.43 Å². The number of nitrogens with zero attached hydrogens (tertiary/aromatic N) is 2. The summed E-state index contributed by atoms with van der Waals surface area (Å²) in [4.78, 5) is 40.2. The molecular formula is C22H21F2N3O5. The van der Waals surface area contributed by atoms with Crippen molar-refractivity contribution in [2.75, 3.05) is 0 Å². The lowest BCUT2D eigenvalue weighted by Gasteiger charge is -2.44. The largest absolute Gasteiger partial charge is 0.503 e.